The lowest BCUT2D eigenvalue weighted by molar-refractivity contribution is -0.111. The summed E-state index contributed by atoms with van der Waals surface area (Å²) in [6, 6.07) is 0. The molecule has 5 atom stereocenters. The Kier molecular flexibility index (Phi) is 1.19. The lowest BCUT2D eigenvalue weighted by Crippen LogP contribution is -2.53. The van der Waals surface area contributed by atoms with Crippen molar-refractivity contribution in [3.63, 3.8) is 0 Å². The molecule has 1 spiro atoms. The monoisotopic (exact) mass is 178 g/mol. The maximum atomic E-state index is 2.59. The van der Waals surface area contributed by atoms with E-state index in [0.29, 0.717) is 5.41 Å². The van der Waals surface area contributed by atoms with Crippen LogP contribution < -0.4 is 0 Å². The molecule has 0 N–H and O–H groups in total. The van der Waals surface area contributed by atoms with Gasteiger partial charge in [-0.05, 0) is 47.3 Å². The molecular formula is C13H22. The van der Waals surface area contributed by atoms with Gasteiger partial charge in [0.25, 0.3) is 0 Å². The van der Waals surface area contributed by atoms with Crippen molar-refractivity contribution in [1.82, 2.24) is 0 Å². The average molecular weight is 178 g/mol. The molecule has 0 heterocycles. The fourth-order valence-corrected chi connectivity index (χ4v) is 5.91. The Morgan fingerprint density at radius 2 is 1.92 bits per heavy atom. The van der Waals surface area contributed by atoms with Crippen molar-refractivity contribution >= 4 is 0 Å². The first-order chi connectivity index (χ1) is 6.04. The summed E-state index contributed by atoms with van der Waals surface area (Å²) < 4.78 is 0. The van der Waals surface area contributed by atoms with Crippen molar-refractivity contribution in [1.29, 1.82) is 0 Å². The maximum absolute atomic E-state index is 2.59. The summed E-state index contributed by atoms with van der Waals surface area (Å²) in [5, 5.41) is 0. The third-order valence-electron chi connectivity index (χ3n) is 6.73. The highest BCUT2D eigenvalue weighted by Crippen LogP contribution is 2.94. The van der Waals surface area contributed by atoms with Crippen LogP contribution in [-0.4, -0.2) is 0 Å². The molecule has 3 saturated carbocycles. The van der Waals surface area contributed by atoms with Crippen molar-refractivity contribution in [2.24, 2.45) is 28.1 Å². The highest BCUT2D eigenvalue weighted by molar-refractivity contribution is 5.35. The van der Waals surface area contributed by atoms with Crippen LogP contribution in [0.4, 0.5) is 0 Å². The quantitative estimate of drug-likeness (QED) is 0.572. The van der Waals surface area contributed by atoms with E-state index in [-0.39, 0.29) is 0 Å². The zero-order valence-corrected chi connectivity index (χ0v) is 9.48. The Hall–Kier alpha value is 0. The molecule has 0 saturated heterocycles. The molecule has 5 unspecified atom stereocenters. The van der Waals surface area contributed by atoms with Crippen LogP contribution in [0.15, 0.2) is 0 Å². The van der Waals surface area contributed by atoms with E-state index in [2.05, 4.69) is 27.7 Å². The van der Waals surface area contributed by atoms with E-state index in [1.54, 1.807) is 6.42 Å². The SMILES string of the molecule is CCC1(C)C2C(C)C23CCCC13C. The summed E-state index contributed by atoms with van der Waals surface area (Å²) in [7, 11) is 0. The fourth-order valence-electron chi connectivity index (χ4n) is 5.91. The predicted octanol–water partition coefficient (Wildman–Crippen LogP) is 3.86. The van der Waals surface area contributed by atoms with Gasteiger partial charge in [0.15, 0.2) is 0 Å². The summed E-state index contributed by atoms with van der Waals surface area (Å²) in [5.74, 6) is 2.14. The van der Waals surface area contributed by atoms with Crippen LogP contribution in [0.3, 0.4) is 0 Å². The molecule has 0 aromatic rings. The molecule has 0 aromatic heterocycles. The molecule has 3 rings (SSSR count). The van der Waals surface area contributed by atoms with Crippen molar-refractivity contribution in [2.45, 2.75) is 53.4 Å². The second-order valence-corrected chi connectivity index (χ2v) is 6.26. The second kappa shape index (κ2) is 1.85. The van der Waals surface area contributed by atoms with E-state index in [9.17, 15) is 0 Å². The van der Waals surface area contributed by atoms with Gasteiger partial charge in [-0.25, -0.2) is 0 Å². The minimum atomic E-state index is 0.697. The topological polar surface area (TPSA) is 0 Å². The van der Waals surface area contributed by atoms with Crippen molar-refractivity contribution in [3.8, 4) is 0 Å². The van der Waals surface area contributed by atoms with Gasteiger partial charge in [0.2, 0.25) is 0 Å². The largest absolute Gasteiger partial charge is 0.0648 e. The molecule has 3 aliphatic carbocycles. The van der Waals surface area contributed by atoms with Crippen LogP contribution in [-0.2, 0) is 0 Å². The van der Waals surface area contributed by atoms with Crippen molar-refractivity contribution in [3.05, 3.63) is 0 Å². The summed E-state index contributed by atoms with van der Waals surface area (Å²) in [4.78, 5) is 0. The third-order valence-corrected chi connectivity index (χ3v) is 6.73. The number of hydrogen-bond donors (Lipinski definition) is 0. The van der Waals surface area contributed by atoms with Gasteiger partial charge in [0.1, 0.15) is 0 Å². The Labute approximate surface area is 82.1 Å². The predicted molar refractivity (Wildman–Crippen MR) is 55.4 cm³/mol. The van der Waals surface area contributed by atoms with Crippen LogP contribution in [0.25, 0.3) is 0 Å². The Morgan fingerprint density at radius 1 is 1.23 bits per heavy atom. The van der Waals surface area contributed by atoms with Crippen LogP contribution in [0.1, 0.15) is 53.4 Å². The molecule has 0 radical (unpaired) electrons. The van der Waals surface area contributed by atoms with Crippen molar-refractivity contribution in [2.75, 3.05) is 0 Å². The molecule has 0 aliphatic heterocycles. The lowest BCUT2D eigenvalue weighted by atomic mass is 9.45. The molecule has 0 amide bonds. The normalized spacial score (nSPS) is 68.3. The fraction of sp³-hybridized carbons (Fsp3) is 1.00. The molecule has 3 fully saturated rings. The van der Waals surface area contributed by atoms with Gasteiger partial charge in [-0.1, -0.05) is 34.1 Å². The first kappa shape index (κ1) is 8.32. The molecule has 0 heteroatoms. The highest BCUT2D eigenvalue weighted by atomic mass is 14.9. The molecule has 13 heavy (non-hydrogen) atoms. The second-order valence-electron chi connectivity index (χ2n) is 6.26. The van der Waals surface area contributed by atoms with E-state index in [1.165, 1.54) is 19.3 Å². The summed E-state index contributed by atoms with van der Waals surface area (Å²) in [6.07, 6.45) is 5.97. The Bertz CT molecular complexity index is 269. The first-order valence-electron chi connectivity index (χ1n) is 6.04. The van der Waals surface area contributed by atoms with E-state index in [0.717, 1.165) is 22.7 Å². The maximum Gasteiger partial charge on any atom is -0.0173 e. The number of rotatable bonds is 1. The van der Waals surface area contributed by atoms with E-state index >= 15 is 0 Å². The Balaban J connectivity index is 2.06. The third kappa shape index (κ3) is 0.500. The van der Waals surface area contributed by atoms with Gasteiger partial charge in [-0.15, -0.1) is 0 Å². The summed E-state index contributed by atoms with van der Waals surface area (Å²) >= 11 is 0. The van der Waals surface area contributed by atoms with Crippen LogP contribution in [0.2, 0.25) is 0 Å². The number of hydrogen-bond acceptors (Lipinski definition) is 0. The zero-order chi connectivity index (χ0) is 9.48. The van der Waals surface area contributed by atoms with E-state index < -0.39 is 0 Å². The van der Waals surface area contributed by atoms with E-state index in [1.807, 2.05) is 0 Å². The first-order valence-corrected chi connectivity index (χ1v) is 6.04. The molecule has 0 bridgehead atoms. The summed E-state index contributed by atoms with van der Waals surface area (Å²) in [5.41, 5.74) is 2.25. The van der Waals surface area contributed by atoms with Crippen LogP contribution >= 0.6 is 0 Å². The zero-order valence-electron chi connectivity index (χ0n) is 9.48. The standard InChI is InChI=1S/C13H22/c1-5-11(3)10-9(2)13(10)8-6-7-12(11,13)4/h9-10H,5-8H2,1-4H3. The van der Waals surface area contributed by atoms with Gasteiger partial charge >= 0.3 is 0 Å². The smallest absolute Gasteiger partial charge is 0.0173 e. The average Bonchev–Trinajstić information content (AvgIpc) is 2.55. The Morgan fingerprint density at radius 3 is 2.54 bits per heavy atom. The molecule has 0 aromatic carbocycles. The van der Waals surface area contributed by atoms with Gasteiger partial charge < -0.3 is 0 Å². The van der Waals surface area contributed by atoms with Gasteiger partial charge in [0.05, 0.1) is 0 Å². The molecular weight excluding hydrogens is 156 g/mol. The molecule has 0 nitrogen and oxygen atoms in total. The van der Waals surface area contributed by atoms with Crippen LogP contribution in [0.5, 0.6) is 0 Å². The molecule has 74 valence electrons. The highest BCUT2D eigenvalue weighted by Gasteiger charge is 2.88. The van der Waals surface area contributed by atoms with Crippen molar-refractivity contribution < 1.29 is 0 Å². The van der Waals surface area contributed by atoms with Gasteiger partial charge in [0, 0.05) is 0 Å². The molecule has 3 aliphatic rings. The van der Waals surface area contributed by atoms with Gasteiger partial charge in [-0.2, -0.15) is 0 Å². The summed E-state index contributed by atoms with van der Waals surface area (Å²) in [6.45, 7) is 10.1. The van der Waals surface area contributed by atoms with Gasteiger partial charge in [-0.3, -0.25) is 0 Å². The van der Waals surface area contributed by atoms with Crippen LogP contribution in [0, 0.1) is 28.1 Å². The minimum absolute atomic E-state index is 0.697. The lowest BCUT2D eigenvalue weighted by Gasteiger charge is -2.59. The van der Waals surface area contributed by atoms with E-state index in [4.69, 9.17) is 0 Å². The minimum Gasteiger partial charge on any atom is -0.0648 e.